The lowest BCUT2D eigenvalue weighted by Gasteiger charge is -2.20. The molecule has 0 radical (unpaired) electrons. The number of nitrogens with one attached hydrogen (secondary N) is 1. The molecule has 0 aliphatic heterocycles. The Kier molecular flexibility index (Phi) is 4.05. The van der Waals surface area contributed by atoms with E-state index in [2.05, 4.69) is 5.32 Å². The lowest BCUT2D eigenvalue weighted by Crippen LogP contribution is -2.45. The second-order valence-corrected chi connectivity index (χ2v) is 6.35. The fraction of sp³-hybridized carbons (Fsp3) is 0.312. The average Bonchev–Trinajstić information content (AvgIpc) is 3.03. The van der Waals surface area contributed by atoms with Crippen molar-refractivity contribution in [1.82, 2.24) is 5.32 Å². The van der Waals surface area contributed by atoms with Gasteiger partial charge in [-0.05, 0) is 29.0 Å². The fourth-order valence-electron chi connectivity index (χ4n) is 2.70. The van der Waals surface area contributed by atoms with Gasteiger partial charge in [0.1, 0.15) is 0 Å². The molecule has 0 saturated carbocycles. The van der Waals surface area contributed by atoms with E-state index in [1.165, 1.54) is 0 Å². The third kappa shape index (κ3) is 3.00. The van der Waals surface area contributed by atoms with Crippen LogP contribution in [0.1, 0.15) is 22.0 Å². The molecule has 4 N–H and O–H groups in total. The van der Waals surface area contributed by atoms with Crippen molar-refractivity contribution in [1.29, 1.82) is 0 Å². The van der Waals surface area contributed by atoms with Gasteiger partial charge in [0.2, 0.25) is 5.91 Å². The summed E-state index contributed by atoms with van der Waals surface area (Å²) in [6, 6.07) is 10.7. The van der Waals surface area contributed by atoms with Gasteiger partial charge in [0.25, 0.3) is 0 Å². The number of amides is 1. The standard InChI is InChI=1S/C16H18N2O2S/c17-12(8-10-4-2-1-3-5-10)16(20)18-15-11-6-7-21-14(11)9-13(15)19/h1-7,12-13,15,19H,8-9,17H2,(H,18,20). The van der Waals surface area contributed by atoms with Gasteiger partial charge in [-0.1, -0.05) is 30.3 Å². The van der Waals surface area contributed by atoms with Crippen LogP contribution in [-0.2, 0) is 17.6 Å². The van der Waals surface area contributed by atoms with Crippen molar-refractivity contribution < 1.29 is 9.90 Å². The number of aliphatic hydroxyl groups excluding tert-OH is 1. The van der Waals surface area contributed by atoms with Gasteiger partial charge in [0, 0.05) is 11.3 Å². The summed E-state index contributed by atoms with van der Waals surface area (Å²) >= 11 is 1.62. The number of aliphatic hydroxyl groups is 1. The Bertz CT molecular complexity index is 626. The molecular weight excluding hydrogens is 284 g/mol. The highest BCUT2D eigenvalue weighted by molar-refractivity contribution is 7.10. The minimum atomic E-state index is -0.609. The lowest BCUT2D eigenvalue weighted by atomic mass is 10.0. The molecule has 1 aromatic carbocycles. The minimum Gasteiger partial charge on any atom is -0.390 e. The third-order valence-electron chi connectivity index (χ3n) is 3.83. The summed E-state index contributed by atoms with van der Waals surface area (Å²) in [5, 5.41) is 14.9. The molecule has 1 amide bonds. The molecule has 110 valence electrons. The van der Waals surface area contributed by atoms with Crippen molar-refractivity contribution in [3.05, 3.63) is 57.8 Å². The molecule has 3 unspecified atom stereocenters. The Balaban J connectivity index is 1.64. The van der Waals surface area contributed by atoms with Crippen LogP contribution in [0.25, 0.3) is 0 Å². The van der Waals surface area contributed by atoms with Crippen LogP contribution in [0.5, 0.6) is 0 Å². The molecule has 1 aromatic heterocycles. The maximum atomic E-state index is 12.2. The summed E-state index contributed by atoms with van der Waals surface area (Å²) < 4.78 is 0. The number of hydrogen-bond donors (Lipinski definition) is 3. The molecule has 1 aliphatic rings. The molecule has 3 atom stereocenters. The van der Waals surface area contributed by atoms with Gasteiger partial charge >= 0.3 is 0 Å². The first-order valence-corrected chi connectivity index (χ1v) is 7.87. The highest BCUT2D eigenvalue weighted by atomic mass is 32.1. The molecule has 21 heavy (non-hydrogen) atoms. The Morgan fingerprint density at radius 2 is 2.14 bits per heavy atom. The van der Waals surface area contributed by atoms with Crippen LogP contribution in [0.15, 0.2) is 41.8 Å². The largest absolute Gasteiger partial charge is 0.390 e. The van der Waals surface area contributed by atoms with E-state index in [4.69, 9.17) is 5.73 Å². The zero-order chi connectivity index (χ0) is 14.8. The molecule has 4 nitrogen and oxygen atoms in total. The van der Waals surface area contributed by atoms with Crippen molar-refractivity contribution >= 4 is 17.2 Å². The van der Waals surface area contributed by atoms with Gasteiger partial charge in [-0.2, -0.15) is 0 Å². The van der Waals surface area contributed by atoms with E-state index >= 15 is 0 Å². The van der Waals surface area contributed by atoms with Gasteiger partial charge in [0.15, 0.2) is 0 Å². The number of fused-ring (bicyclic) bond motifs is 1. The number of nitrogens with two attached hydrogens (primary N) is 1. The number of carbonyl (C=O) groups is 1. The smallest absolute Gasteiger partial charge is 0.237 e. The second kappa shape index (κ2) is 5.97. The van der Waals surface area contributed by atoms with E-state index in [1.54, 1.807) is 11.3 Å². The predicted octanol–water partition coefficient (Wildman–Crippen LogP) is 1.39. The minimum absolute atomic E-state index is 0.220. The van der Waals surface area contributed by atoms with Gasteiger partial charge in [-0.3, -0.25) is 4.79 Å². The number of thiophene rings is 1. The molecule has 3 rings (SSSR count). The third-order valence-corrected chi connectivity index (χ3v) is 4.79. The second-order valence-electron chi connectivity index (χ2n) is 5.35. The van der Waals surface area contributed by atoms with Crippen molar-refractivity contribution in [2.75, 3.05) is 0 Å². The topological polar surface area (TPSA) is 75.4 Å². The molecular formula is C16H18N2O2S. The Hall–Kier alpha value is -1.69. The molecule has 0 spiro atoms. The maximum Gasteiger partial charge on any atom is 0.237 e. The zero-order valence-corrected chi connectivity index (χ0v) is 12.3. The molecule has 0 fully saturated rings. The SMILES string of the molecule is NC(Cc1ccccc1)C(=O)NC1c2ccsc2CC1O. The van der Waals surface area contributed by atoms with Crippen LogP contribution >= 0.6 is 11.3 Å². The maximum absolute atomic E-state index is 12.2. The van der Waals surface area contributed by atoms with Gasteiger partial charge in [0.05, 0.1) is 18.2 Å². The summed E-state index contributed by atoms with van der Waals surface area (Å²) in [4.78, 5) is 13.4. The first-order chi connectivity index (χ1) is 10.1. The van der Waals surface area contributed by atoms with Crippen LogP contribution in [-0.4, -0.2) is 23.2 Å². The summed E-state index contributed by atoms with van der Waals surface area (Å²) in [5.41, 5.74) is 8.03. The van der Waals surface area contributed by atoms with Crippen LogP contribution in [0.4, 0.5) is 0 Å². The Morgan fingerprint density at radius 1 is 1.38 bits per heavy atom. The van der Waals surface area contributed by atoms with Crippen LogP contribution < -0.4 is 11.1 Å². The monoisotopic (exact) mass is 302 g/mol. The van der Waals surface area contributed by atoms with Crippen molar-refractivity contribution in [3.8, 4) is 0 Å². The van der Waals surface area contributed by atoms with E-state index in [0.29, 0.717) is 12.8 Å². The highest BCUT2D eigenvalue weighted by Crippen LogP contribution is 2.35. The number of carbonyl (C=O) groups excluding carboxylic acids is 1. The summed E-state index contributed by atoms with van der Waals surface area (Å²) in [7, 11) is 0. The molecule has 1 aliphatic carbocycles. The summed E-state index contributed by atoms with van der Waals surface area (Å²) in [6.45, 7) is 0. The van der Waals surface area contributed by atoms with E-state index in [0.717, 1.165) is 16.0 Å². The first kappa shape index (κ1) is 14.3. The summed E-state index contributed by atoms with van der Waals surface area (Å²) in [6.07, 6.45) is 0.540. The van der Waals surface area contributed by atoms with Crippen LogP contribution in [0.2, 0.25) is 0 Å². The van der Waals surface area contributed by atoms with Gasteiger partial charge in [-0.15, -0.1) is 11.3 Å². The number of benzene rings is 1. The zero-order valence-electron chi connectivity index (χ0n) is 11.5. The van der Waals surface area contributed by atoms with Crippen LogP contribution in [0, 0.1) is 0 Å². The molecule has 0 bridgehead atoms. The molecule has 1 heterocycles. The summed E-state index contributed by atoms with van der Waals surface area (Å²) in [5.74, 6) is -0.220. The van der Waals surface area contributed by atoms with Crippen molar-refractivity contribution in [3.63, 3.8) is 0 Å². The van der Waals surface area contributed by atoms with Crippen molar-refractivity contribution in [2.45, 2.75) is 31.0 Å². The van der Waals surface area contributed by atoms with E-state index in [1.807, 2.05) is 41.8 Å². The fourth-order valence-corrected chi connectivity index (χ4v) is 3.68. The number of hydrogen-bond acceptors (Lipinski definition) is 4. The Labute approximate surface area is 127 Å². The molecule has 0 saturated heterocycles. The first-order valence-electron chi connectivity index (χ1n) is 6.99. The quantitative estimate of drug-likeness (QED) is 0.799. The highest BCUT2D eigenvalue weighted by Gasteiger charge is 2.34. The van der Waals surface area contributed by atoms with E-state index in [-0.39, 0.29) is 11.9 Å². The van der Waals surface area contributed by atoms with E-state index in [9.17, 15) is 9.90 Å². The average molecular weight is 302 g/mol. The van der Waals surface area contributed by atoms with Gasteiger partial charge < -0.3 is 16.2 Å². The Morgan fingerprint density at radius 3 is 2.90 bits per heavy atom. The number of rotatable bonds is 4. The molecule has 5 heteroatoms. The lowest BCUT2D eigenvalue weighted by molar-refractivity contribution is -0.123. The predicted molar refractivity (Wildman–Crippen MR) is 83.0 cm³/mol. The van der Waals surface area contributed by atoms with E-state index < -0.39 is 12.1 Å². The normalized spacial score (nSPS) is 21.8. The van der Waals surface area contributed by atoms with Crippen LogP contribution in [0.3, 0.4) is 0 Å². The van der Waals surface area contributed by atoms with Crippen molar-refractivity contribution in [2.24, 2.45) is 5.73 Å². The van der Waals surface area contributed by atoms with Gasteiger partial charge in [-0.25, -0.2) is 0 Å². The molecule has 2 aromatic rings.